The maximum Gasteiger partial charge on any atom is 0.306 e. The van der Waals surface area contributed by atoms with Crippen molar-refractivity contribution in [1.29, 1.82) is 0 Å². The molecule has 13 nitrogen and oxygen atoms in total. The van der Waals surface area contributed by atoms with Crippen molar-refractivity contribution in [3.63, 3.8) is 0 Å². The van der Waals surface area contributed by atoms with Crippen molar-refractivity contribution >= 4 is 19.8 Å². The molecule has 0 aromatic carbocycles. The van der Waals surface area contributed by atoms with Gasteiger partial charge in [-0.05, 0) is 38.5 Å². The average molecular weight is 829 g/mol. The molecule has 1 aliphatic carbocycles. The average Bonchev–Trinajstić information content (AvgIpc) is 3.21. The van der Waals surface area contributed by atoms with Gasteiger partial charge in [0.25, 0.3) is 7.82 Å². The molecule has 0 spiro atoms. The third-order valence-corrected chi connectivity index (χ3v) is 10.9. The Morgan fingerprint density at radius 1 is 0.661 bits per heavy atom. The predicted molar refractivity (Wildman–Crippen MR) is 214 cm³/mol. The minimum atomic E-state index is -5.41. The minimum Gasteiger partial charge on any atom is -0.756 e. The van der Waals surface area contributed by atoms with Crippen LogP contribution in [0, 0.1) is 0 Å². The van der Waals surface area contributed by atoms with Gasteiger partial charge < -0.3 is 48.9 Å². The number of rotatable bonds is 36. The summed E-state index contributed by atoms with van der Waals surface area (Å²) >= 11 is 0. The summed E-state index contributed by atoms with van der Waals surface area (Å²) < 4.78 is 86.0. The van der Waals surface area contributed by atoms with Crippen molar-refractivity contribution in [2.24, 2.45) is 0 Å². The Balaban J connectivity index is 2.48. The highest BCUT2D eigenvalue weighted by molar-refractivity contribution is 7.45. The van der Waals surface area contributed by atoms with E-state index in [-0.39, 0.29) is 19.3 Å². The second-order valence-electron chi connectivity index (χ2n) is 14.9. The molecule has 8 atom stereocenters. The Bertz CT molecular complexity index is 1310. The van der Waals surface area contributed by atoms with Gasteiger partial charge in [-0.2, -0.15) is 0 Å². The highest BCUT2D eigenvalue weighted by Crippen LogP contribution is 2.43. The van der Waals surface area contributed by atoms with E-state index in [1.165, 1.54) is 44.9 Å². The zero-order valence-electron chi connectivity index (χ0n) is 40.7. The molecule has 1 fully saturated rings. The van der Waals surface area contributed by atoms with Crippen LogP contribution in [0.25, 0.3) is 0 Å². The van der Waals surface area contributed by atoms with E-state index in [0.717, 1.165) is 64.2 Å². The molecule has 0 amide bonds. The lowest BCUT2D eigenvalue weighted by atomic mass is 9.85. The second kappa shape index (κ2) is 33.4. The van der Waals surface area contributed by atoms with Gasteiger partial charge in [-0.3, -0.25) is 14.2 Å². The van der Waals surface area contributed by atoms with Gasteiger partial charge in [-0.25, -0.2) is 0 Å². The van der Waals surface area contributed by atoms with Crippen LogP contribution in [-0.2, 0) is 32.7 Å². The van der Waals surface area contributed by atoms with Crippen LogP contribution >= 0.6 is 7.82 Å². The predicted octanol–water partition coefficient (Wildman–Crippen LogP) is 7.26. The van der Waals surface area contributed by atoms with Crippen molar-refractivity contribution in [1.82, 2.24) is 0 Å². The lowest BCUT2D eigenvalue weighted by molar-refractivity contribution is -0.261. The van der Waals surface area contributed by atoms with Crippen LogP contribution in [0.2, 0.25) is 0 Å². The number of unbranched alkanes of at least 4 members (excludes halogenated alkanes) is 19. The number of phosphoric acid groups is 1. The second-order valence-corrected chi connectivity index (χ2v) is 16.2. The van der Waals surface area contributed by atoms with Crippen LogP contribution in [0.3, 0.4) is 0 Å². The van der Waals surface area contributed by atoms with E-state index in [0.29, 0.717) is 32.1 Å². The molecule has 0 saturated heterocycles. The fourth-order valence-corrected chi connectivity index (χ4v) is 7.37. The van der Waals surface area contributed by atoms with Gasteiger partial charge in [0.1, 0.15) is 43.2 Å². The molecule has 56 heavy (non-hydrogen) atoms. The Morgan fingerprint density at radius 3 is 1.62 bits per heavy atom. The monoisotopic (exact) mass is 829 g/mol. The van der Waals surface area contributed by atoms with E-state index in [4.69, 9.17) is 28.1 Å². The number of esters is 2. The molecule has 0 bridgehead atoms. The van der Waals surface area contributed by atoms with E-state index >= 15 is 0 Å². The van der Waals surface area contributed by atoms with Crippen molar-refractivity contribution < 1.29 is 72.7 Å². The largest absolute Gasteiger partial charge is 0.756 e. The topological polar surface area (TPSA) is 212 Å². The van der Waals surface area contributed by atoms with Crippen molar-refractivity contribution in [2.75, 3.05) is 13.2 Å². The SMILES string of the molecule is [2H]C([2H])([2H])C([2H])([2H])C([2H])([2H])CCCCC/C=C\CCCCCCCC(=O)O[C@H](COC(=O)CCCCCCCCCCCCCC)COP(=O)([O-])OC1[C@H](O)[C@H](O)C(O)[C@H](O)[C@H]1O. The Kier molecular flexibility index (Phi) is 24.7. The summed E-state index contributed by atoms with van der Waals surface area (Å²) in [5, 5.41) is 50.0. The van der Waals surface area contributed by atoms with E-state index in [1.807, 2.05) is 6.08 Å². The van der Waals surface area contributed by atoms with Crippen molar-refractivity contribution in [3.05, 3.63) is 12.2 Å². The molecular formula is C42H78O13P-. The molecule has 330 valence electrons. The smallest absolute Gasteiger partial charge is 0.306 e. The highest BCUT2D eigenvalue weighted by atomic mass is 31.2. The molecule has 0 radical (unpaired) electrons. The third-order valence-electron chi connectivity index (χ3n) is 9.88. The van der Waals surface area contributed by atoms with Gasteiger partial charge in [0.05, 0.1) is 6.61 Å². The molecule has 0 heterocycles. The lowest BCUT2D eigenvalue weighted by Gasteiger charge is -2.43. The molecule has 0 aromatic heterocycles. The van der Waals surface area contributed by atoms with Gasteiger partial charge in [0.15, 0.2) is 6.10 Å². The van der Waals surface area contributed by atoms with Gasteiger partial charge in [-0.1, -0.05) is 148 Å². The number of phosphoric ester groups is 1. The number of hydrogen-bond acceptors (Lipinski definition) is 13. The molecule has 1 aliphatic rings. The van der Waals surface area contributed by atoms with Gasteiger partial charge in [-0.15, -0.1) is 0 Å². The summed E-state index contributed by atoms with van der Waals surface area (Å²) in [5.74, 6) is -1.25. The fourth-order valence-electron chi connectivity index (χ4n) is 6.42. The minimum absolute atomic E-state index is 0.00433. The van der Waals surface area contributed by atoms with Crippen molar-refractivity contribution in [2.45, 2.75) is 230 Å². The van der Waals surface area contributed by atoms with Crippen LogP contribution in [-0.4, -0.2) is 93.4 Å². The van der Waals surface area contributed by atoms with Crippen LogP contribution in [0.1, 0.15) is 197 Å². The summed E-state index contributed by atoms with van der Waals surface area (Å²) in [7, 11) is -5.41. The number of aliphatic hydroxyl groups is 5. The number of aliphatic hydroxyl groups excluding tert-OH is 5. The first-order valence-corrected chi connectivity index (χ1v) is 22.6. The third kappa shape index (κ3) is 25.8. The van der Waals surface area contributed by atoms with Gasteiger partial charge in [0, 0.05) is 22.4 Å². The van der Waals surface area contributed by atoms with E-state index in [1.54, 1.807) is 0 Å². The maximum atomic E-state index is 12.8. The number of carbonyl (C=O) groups excluding carboxylic acids is 2. The Labute approximate surface area is 347 Å². The molecule has 3 unspecified atom stereocenters. The molecule has 5 N–H and O–H groups in total. The molecule has 0 aliphatic heterocycles. The van der Waals surface area contributed by atoms with Crippen LogP contribution in [0.15, 0.2) is 12.2 Å². The Hall–Kier alpha value is -1.41. The lowest BCUT2D eigenvalue weighted by Crippen LogP contribution is -2.64. The summed E-state index contributed by atoms with van der Waals surface area (Å²) in [5.41, 5.74) is 0. The summed E-state index contributed by atoms with van der Waals surface area (Å²) in [6, 6.07) is 0. The zero-order chi connectivity index (χ0) is 47.5. The quantitative estimate of drug-likeness (QED) is 0.0182. The standard InChI is InChI=1S/C42H79O13P/c1-3-5-7-9-11-13-15-17-18-19-21-23-25-27-29-31-36(44)54-34(32-52-35(43)30-28-26-24-22-20-16-14-12-10-8-6-4-2)33-53-56(50,51)55-42-40(48)38(46)37(45)39(47)41(42)49/h17-18,34,37-42,45-49H,3-16,19-33H2,1-2H3,(H,50,51)/p-1/b18-17-/t34-,37?,38-,39+,40-,41-,42?/m1/s1/i1D3,3D2,5D2. The molecular weight excluding hydrogens is 743 g/mol. The van der Waals surface area contributed by atoms with E-state index in [2.05, 4.69) is 13.0 Å². The van der Waals surface area contributed by atoms with Crippen LogP contribution < -0.4 is 4.89 Å². The van der Waals surface area contributed by atoms with E-state index < -0.39 is 95.3 Å². The summed E-state index contributed by atoms with van der Waals surface area (Å²) in [6.45, 7) is -2.20. The maximum absolute atomic E-state index is 12.8. The number of carbonyl (C=O) groups is 2. The van der Waals surface area contributed by atoms with Crippen LogP contribution in [0.4, 0.5) is 0 Å². The summed E-state index contributed by atoms with van der Waals surface area (Å²) in [4.78, 5) is 38.0. The molecule has 1 rings (SSSR count). The zero-order valence-corrected chi connectivity index (χ0v) is 34.6. The normalized spacial score (nSPS) is 25.5. The fraction of sp³-hybridized carbons (Fsp3) is 0.905. The van der Waals surface area contributed by atoms with Crippen LogP contribution in [0.5, 0.6) is 0 Å². The highest BCUT2D eigenvalue weighted by Gasteiger charge is 2.50. The first-order chi connectivity index (χ1) is 29.6. The molecule has 14 heteroatoms. The summed E-state index contributed by atoms with van der Waals surface area (Å²) in [6.07, 6.45) is 5.66. The first kappa shape index (κ1) is 41.3. The van der Waals surface area contributed by atoms with Gasteiger partial charge in [0.2, 0.25) is 0 Å². The Morgan fingerprint density at radius 2 is 1.11 bits per heavy atom. The van der Waals surface area contributed by atoms with Gasteiger partial charge >= 0.3 is 11.9 Å². The number of ether oxygens (including phenoxy) is 2. The number of allylic oxidation sites excluding steroid dienone is 2. The number of hydrogen-bond donors (Lipinski definition) is 5. The van der Waals surface area contributed by atoms with Crippen molar-refractivity contribution in [3.8, 4) is 0 Å². The first-order valence-electron chi connectivity index (χ1n) is 24.6. The molecule has 1 saturated carbocycles. The molecule has 0 aromatic rings. The van der Waals surface area contributed by atoms with E-state index in [9.17, 15) is 44.6 Å².